The van der Waals surface area contributed by atoms with Gasteiger partial charge in [0, 0.05) is 18.2 Å². The third-order valence-corrected chi connectivity index (χ3v) is 1.67. The smallest absolute Gasteiger partial charge is 0.246 e. The fraction of sp³-hybridized carbons (Fsp3) is 0.143. The Labute approximate surface area is 80.6 Å². The second-order valence-electron chi connectivity index (χ2n) is 2.47. The summed E-state index contributed by atoms with van der Waals surface area (Å²) in [4.78, 5) is 22.5. The molecule has 0 atom stereocenters. The van der Waals surface area contributed by atoms with Gasteiger partial charge >= 0.3 is 0 Å². The Kier molecular flexibility index (Phi) is 2.57. The van der Waals surface area contributed by atoms with Crippen molar-refractivity contribution in [2.24, 2.45) is 20.7 Å². The minimum Gasteiger partial charge on any atom is -0.366 e. The van der Waals surface area contributed by atoms with Crippen LogP contribution in [0.1, 0.15) is 6.42 Å². The van der Waals surface area contributed by atoms with Crippen molar-refractivity contribution < 1.29 is 4.79 Å². The molecule has 2 N–H and O–H groups in total. The zero-order valence-electron chi connectivity index (χ0n) is 6.60. The Bertz CT molecular complexity index is 367. The van der Waals surface area contributed by atoms with E-state index in [1.54, 1.807) is 0 Å². The number of halogens is 1. The van der Waals surface area contributed by atoms with Crippen LogP contribution in [-0.2, 0) is 4.79 Å². The van der Waals surface area contributed by atoms with E-state index in [1.807, 2.05) is 0 Å². The minimum absolute atomic E-state index is 0. The van der Waals surface area contributed by atoms with Gasteiger partial charge in [0.05, 0.1) is 5.71 Å². The quantitative estimate of drug-likeness (QED) is 0.635. The first-order chi connectivity index (χ1) is 5.77. The molecule has 2 rings (SSSR count). The molecule has 1 amide bonds. The first-order valence-corrected chi connectivity index (χ1v) is 3.43. The molecule has 6 heteroatoms. The summed E-state index contributed by atoms with van der Waals surface area (Å²) in [5, 5.41) is 0. The average Bonchev–Trinajstić information content (AvgIpc) is 2.49. The van der Waals surface area contributed by atoms with Crippen LogP contribution in [0.3, 0.4) is 0 Å². The maximum atomic E-state index is 10.7. The van der Waals surface area contributed by atoms with Crippen LogP contribution in [-0.4, -0.2) is 23.8 Å². The zero-order valence-corrected chi connectivity index (χ0v) is 7.41. The van der Waals surface area contributed by atoms with Gasteiger partial charge in [-0.1, -0.05) is 0 Å². The standard InChI is InChI=1S/C7H6N4O.ClH/c8-6(12)4-1-5-7(9-2-4)11-3-10-5;/h2-3H,1H2,(H2,8,12);1H. The van der Waals surface area contributed by atoms with Crippen LogP contribution >= 0.6 is 12.4 Å². The molecule has 0 saturated heterocycles. The number of rotatable bonds is 1. The number of nitrogens with two attached hydrogens (primary N) is 1. The van der Waals surface area contributed by atoms with Crippen LogP contribution < -0.4 is 5.73 Å². The van der Waals surface area contributed by atoms with Gasteiger partial charge < -0.3 is 5.73 Å². The van der Waals surface area contributed by atoms with Gasteiger partial charge in [-0.3, -0.25) is 4.79 Å². The predicted molar refractivity (Wildman–Crippen MR) is 52.5 cm³/mol. The molecule has 0 fully saturated rings. The summed E-state index contributed by atoms with van der Waals surface area (Å²) in [7, 11) is 0. The molecule has 0 aromatic carbocycles. The molecule has 0 aromatic heterocycles. The molecule has 0 radical (unpaired) electrons. The molecule has 2 heterocycles. The molecule has 0 aliphatic carbocycles. The maximum absolute atomic E-state index is 10.7. The fourth-order valence-electron chi connectivity index (χ4n) is 1.03. The van der Waals surface area contributed by atoms with Gasteiger partial charge in [0.2, 0.25) is 5.91 Å². The van der Waals surface area contributed by atoms with Crippen molar-refractivity contribution in [3.8, 4) is 0 Å². The Balaban J connectivity index is 0.000000845. The number of fused-ring (bicyclic) bond motifs is 1. The molecule has 5 nitrogen and oxygen atoms in total. The molecule has 68 valence electrons. The number of carbonyl (C=O) groups excluding carboxylic acids is 1. The predicted octanol–water partition coefficient (Wildman–Crippen LogP) is 0.0625. The van der Waals surface area contributed by atoms with Crippen molar-refractivity contribution >= 4 is 36.2 Å². The van der Waals surface area contributed by atoms with E-state index in [0.717, 1.165) is 0 Å². The van der Waals surface area contributed by atoms with Crippen molar-refractivity contribution in [2.75, 3.05) is 0 Å². The molecule has 2 aliphatic heterocycles. The number of hydrogen-bond acceptors (Lipinski definition) is 4. The van der Waals surface area contributed by atoms with E-state index < -0.39 is 5.91 Å². The number of amidine groups is 1. The third-order valence-electron chi connectivity index (χ3n) is 1.67. The van der Waals surface area contributed by atoms with Crippen LogP contribution in [0.2, 0.25) is 0 Å². The topological polar surface area (TPSA) is 80.2 Å². The molecular weight excluding hydrogens is 192 g/mol. The minimum atomic E-state index is -0.451. The average molecular weight is 199 g/mol. The number of carbonyl (C=O) groups is 1. The van der Waals surface area contributed by atoms with Gasteiger partial charge in [0.15, 0.2) is 5.84 Å². The van der Waals surface area contributed by atoms with Crippen LogP contribution in [0.5, 0.6) is 0 Å². The van der Waals surface area contributed by atoms with Crippen molar-refractivity contribution in [1.82, 2.24) is 0 Å². The highest BCUT2D eigenvalue weighted by atomic mass is 35.5. The lowest BCUT2D eigenvalue weighted by atomic mass is 10.1. The molecule has 13 heavy (non-hydrogen) atoms. The van der Waals surface area contributed by atoms with Crippen molar-refractivity contribution in [2.45, 2.75) is 6.42 Å². The number of nitrogens with zero attached hydrogens (tertiary/aromatic N) is 3. The summed E-state index contributed by atoms with van der Waals surface area (Å²) in [6.07, 6.45) is 3.31. The summed E-state index contributed by atoms with van der Waals surface area (Å²) in [5.41, 5.74) is 6.27. The van der Waals surface area contributed by atoms with Gasteiger partial charge in [0.1, 0.15) is 6.34 Å². The lowest BCUT2D eigenvalue weighted by Gasteiger charge is -2.06. The number of aliphatic imine (C=N–C) groups is 3. The van der Waals surface area contributed by atoms with Crippen molar-refractivity contribution in [3.05, 3.63) is 11.8 Å². The summed E-state index contributed by atoms with van der Waals surface area (Å²) < 4.78 is 0. The van der Waals surface area contributed by atoms with E-state index in [4.69, 9.17) is 5.73 Å². The first-order valence-electron chi connectivity index (χ1n) is 3.43. The lowest BCUT2D eigenvalue weighted by Crippen LogP contribution is -2.21. The first kappa shape index (κ1) is 9.60. The monoisotopic (exact) mass is 198 g/mol. The Morgan fingerprint density at radius 1 is 1.46 bits per heavy atom. The van der Waals surface area contributed by atoms with Crippen LogP contribution in [0.25, 0.3) is 0 Å². The normalized spacial score (nSPS) is 18.0. The van der Waals surface area contributed by atoms with Gasteiger partial charge in [-0.25, -0.2) is 15.0 Å². The fourth-order valence-corrected chi connectivity index (χ4v) is 1.03. The van der Waals surface area contributed by atoms with Crippen LogP contribution in [0.15, 0.2) is 26.8 Å². The van der Waals surface area contributed by atoms with Gasteiger partial charge in [-0.05, 0) is 0 Å². The molecule has 0 spiro atoms. The van der Waals surface area contributed by atoms with Gasteiger partial charge in [0.25, 0.3) is 0 Å². The highest BCUT2D eigenvalue weighted by molar-refractivity contribution is 6.47. The van der Waals surface area contributed by atoms with E-state index in [2.05, 4.69) is 15.0 Å². The van der Waals surface area contributed by atoms with Crippen LogP contribution in [0.4, 0.5) is 0 Å². The largest absolute Gasteiger partial charge is 0.366 e. The van der Waals surface area contributed by atoms with E-state index in [-0.39, 0.29) is 12.4 Å². The third kappa shape index (κ3) is 1.65. The zero-order chi connectivity index (χ0) is 8.55. The van der Waals surface area contributed by atoms with E-state index in [1.165, 1.54) is 12.5 Å². The SMILES string of the molecule is Cl.NC(=O)C1=CN=C2N=CN=C2C1. The van der Waals surface area contributed by atoms with Crippen molar-refractivity contribution in [1.29, 1.82) is 0 Å². The molecule has 0 aromatic rings. The number of hydrogen-bond donors (Lipinski definition) is 1. The summed E-state index contributed by atoms with van der Waals surface area (Å²) in [5.74, 6) is 0.132. The molecule has 0 unspecified atom stereocenters. The second kappa shape index (κ2) is 3.49. The summed E-state index contributed by atoms with van der Waals surface area (Å²) in [6.45, 7) is 0. The molecule has 2 aliphatic rings. The molecular formula is C7H7ClN4O. The lowest BCUT2D eigenvalue weighted by molar-refractivity contribution is -0.114. The van der Waals surface area contributed by atoms with E-state index in [9.17, 15) is 4.79 Å². The van der Waals surface area contributed by atoms with E-state index >= 15 is 0 Å². The Morgan fingerprint density at radius 2 is 2.23 bits per heavy atom. The van der Waals surface area contributed by atoms with Crippen LogP contribution in [0, 0.1) is 0 Å². The Hall–Kier alpha value is -1.49. The van der Waals surface area contributed by atoms with Gasteiger partial charge in [-0.15, -0.1) is 12.4 Å². The highest BCUT2D eigenvalue weighted by Gasteiger charge is 2.19. The summed E-state index contributed by atoms with van der Waals surface area (Å²) in [6, 6.07) is 0. The summed E-state index contributed by atoms with van der Waals surface area (Å²) >= 11 is 0. The Morgan fingerprint density at radius 3 is 2.92 bits per heavy atom. The van der Waals surface area contributed by atoms with E-state index in [0.29, 0.717) is 23.5 Å². The second-order valence-corrected chi connectivity index (χ2v) is 2.47. The van der Waals surface area contributed by atoms with Crippen molar-refractivity contribution in [3.63, 3.8) is 0 Å². The highest BCUT2D eigenvalue weighted by Crippen LogP contribution is 2.13. The number of amides is 1. The molecule has 0 saturated carbocycles. The maximum Gasteiger partial charge on any atom is 0.246 e. The van der Waals surface area contributed by atoms with Gasteiger partial charge in [-0.2, -0.15) is 0 Å². The molecule has 0 bridgehead atoms. The number of primary amides is 1.